The van der Waals surface area contributed by atoms with Crippen LogP contribution >= 0.6 is 34.5 Å². The zero-order chi connectivity index (χ0) is 17.3. The van der Waals surface area contributed by atoms with Crippen molar-refractivity contribution in [2.75, 3.05) is 26.2 Å². The van der Waals surface area contributed by atoms with Crippen LogP contribution in [0.4, 0.5) is 0 Å². The molecule has 7 heteroatoms. The number of carbonyl (C=O) groups excluding carboxylic acids is 2. The highest BCUT2D eigenvalue weighted by molar-refractivity contribution is 7.12. The molecule has 24 heavy (non-hydrogen) atoms. The Kier molecular flexibility index (Phi) is 5.13. The summed E-state index contributed by atoms with van der Waals surface area (Å²) in [6, 6.07) is 6.80. The summed E-state index contributed by atoms with van der Waals surface area (Å²) in [5, 5.41) is 2.77. The molecule has 0 radical (unpaired) electrons. The molecule has 0 saturated carbocycles. The largest absolute Gasteiger partial charge is 0.335 e. The van der Waals surface area contributed by atoms with Gasteiger partial charge < -0.3 is 9.80 Å². The van der Waals surface area contributed by atoms with E-state index in [1.54, 1.807) is 28.0 Å². The molecule has 1 aliphatic heterocycles. The molecule has 1 aromatic carbocycles. The second-order valence-corrected chi connectivity index (χ2v) is 7.40. The molecule has 4 nitrogen and oxygen atoms in total. The summed E-state index contributed by atoms with van der Waals surface area (Å²) in [6.07, 6.45) is 0. The van der Waals surface area contributed by atoms with E-state index in [2.05, 4.69) is 0 Å². The van der Waals surface area contributed by atoms with Crippen molar-refractivity contribution in [3.8, 4) is 0 Å². The Bertz CT molecular complexity index is 783. The van der Waals surface area contributed by atoms with Crippen molar-refractivity contribution in [2.24, 2.45) is 0 Å². The molecule has 2 aromatic rings. The van der Waals surface area contributed by atoms with Crippen LogP contribution in [0.25, 0.3) is 0 Å². The molecule has 0 bridgehead atoms. The molecular weight excluding hydrogens is 367 g/mol. The van der Waals surface area contributed by atoms with Crippen LogP contribution in [0.15, 0.2) is 29.6 Å². The third kappa shape index (κ3) is 3.43. The summed E-state index contributed by atoms with van der Waals surface area (Å²) in [7, 11) is 0. The van der Waals surface area contributed by atoms with Crippen molar-refractivity contribution in [1.82, 2.24) is 9.80 Å². The van der Waals surface area contributed by atoms with Gasteiger partial charge in [0.15, 0.2) is 0 Å². The lowest BCUT2D eigenvalue weighted by atomic mass is 10.1. The van der Waals surface area contributed by atoms with Crippen LogP contribution < -0.4 is 0 Å². The van der Waals surface area contributed by atoms with E-state index in [-0.39, 0.29) is 11.8 Å². The van der Waals surface area contributed by atoms with Gasteiger partial charge >= 0.3 is 0 Å². The fourth-order valence-electron chi connectivity index (χ4n) is 2.68. The van der Waals surface area contributed by atoms with E-state index in [4.69, 9.17) is 23.2 Å². The highest BCUT2D eigenvalue weighted by atomic mass is 35.5. The van der Waals surface area contributed by atoms with E-state index < -0.39 is 0 Å². The van der Waals surface area contributed by atoms with Crippen molar-refractivity contribution in [1.29, 1.82) is 0 Å². The fraction of sp³-hybridized carbons (Fsp3) is 0.294. The Labute approximate surface area is 154 Å². The summed E-state index contributed by atoms with van der Waals surface area (Å²) >= 11 is 13.4. The number of rotatable bonds is 2. The van der Waals surface area contributed by atoms with Crippen LogP contribution in [0.5, 0.6) is 0 Å². The summed E-state index contributed by atoms with van der Waals surface area (Å²) < 4.78 is 0. The molecule has 3 rings (SSSR count). The predicted molar refractivity (Wildman–Crippen MR) is 97.3 cm³/mol. The number of carbonyl (C=O) groups is 2. The number of thiophene rings is 1. The molecule has 0 N–H and O–H groups in total. The van der Waals surface area contributed by atoms with Gasteiger partial charge in [-0.2, -0.15) is 0 Å². The van der Waals surface area contributed by atoms with E-state index >= 15 is 0 Å². The number of aryl methyl sites for hydroxylation is 1. The molecule has 0 unspecified atom stereocenters. The van der Waals surface area contributed by atoms with Gasteiger partial charge in [0.05, 0.1) is 15.5 Å². The van der Waals surface area contributed by atoms with Crippen LogP contribution in [0.2, 0.25) is 10.0 Å². The van der Waals surface area contributed by atoms with Gasteiger partial charge in [-0.05, 0) is 42.1 Å². The van der Waals surface area contributed by atoms with E-state index in [1.165, 1.54) is 11.3 Å². The molecule has 1 aromatic heterocycles. The van der Waals surface area contributed by atoms with Gasteiger partial charge in [0.2, 0.25) is 0 Å². The van der Waals surface area contributed by atoms with E-state index in [0.29, 0.717) is 41.8 Å². The van der Waals surface area contributed by atoms with Crippen molar-refractivity contribution < 1.29 is 9.59 Å². The van der Waals surface area contributed by atoms with Crippen molar-refractivity contribution in [2.45, 2.75) is 6.92 Å². The second-order valence-electron chi connectivity index (χ2n) is 5.64. The third-order valence-corrected chi connectivity index (χ3v) is 5.62. The number of benzene rings is 1. The summed E-state index contributed by atoms with van der Waals surface area (Å²) in [6.45, 7) is 3.97. The Morgan fingerprint density at radius 1 is 1.00 bits per heavy atom. The van der Waals surface area contributed by atoms with Gasteiger partial charge in [-0.1, -0.05) is 23.2 Å². The Hall–Kier alpha value is -1.56. The molecular formula is C17H16Cl2N2O2S. The average Bonchev–Trinajstić information content (AvgIpc) is 3.00. The maximum atomic E-state index is 12.6. The number of hydrogen-bond acceptors (Lipinski definition) is 3. The number of nitrogens with zero attached hydrogens (tertiary/aromatic N) is 2. The first-order valence-electron chi connectivity index (χ1n) is 7.55. The number of hydrogen-bond donors (Lipinski definition) is 0. The highest BCUT2D eigenvalue weighted by Crippen LogP contribution is 2.23. The van der Waals surface area contributed by atoms with Crippen LogP contribution in [0.1, 0.15) is 25.6 Å². The fourth-order valence-corrected chi connectivity index (χ4v) is 4.06. The highest BCUT2D eigenvalue weighted by Gasteiger charge is 2.27. The monoisotopic (exact) mass is 382 g/mol. The molecule has 0 atom stereocenters. The molecule has 2 heterocycles. The van der Waals surface area contributed by atoms with Crippen LogP contribution in [0.3, 0.4) is 0 Å². The van der Waals surface area contributed by atoms with Crippen molar-refractivity contribution >= 4 is 46.4 Å². The normalized spacial score (nSPS) is 14.8. The second kappa shape index (κ2) is 7.13. The Balaban J connectivity index is 1.65. The summed E-state index contributed by atoms with van der Waals surface area (Å²) in [5.41, 5.74) is 1.44. The molecule has 0 aliphatic carbocycles. The predicted octanol–water partition coefficient (Wildman–Crippen LogP) is 3.96. The van der Waals surface area contributed by atoms with Gasteiger partial charge in [0.25, 0.3) is 11.8 Å². The van der Waals surface area contributed by atoms with E-state index in [1.807, 2.05) is 18.4 Å². The SMILES string of the molecule is Cc1ccsc1C(=O)N1CCN(C(=O)c2ccc(Cl)cc2Cl)CC1. The minimum absolute atomic E-state index is 0.0409. The lowest BCUT2D eigenvalue weighted by molar-refractivity contribution is 0.0538. The lowest BCUT2D eigenvalue weighted by Crippen LogP contribution is -2.50. The van der Waals surface area contributed by atoms with Gasteiger partial charge in [-0.15, -0.1) is 11.3 Å². The third-order valence-electron chi connectivity index (χ3n) is 4.07. The Morgan fingerprint density at radius 2 is 1.62 bits per heavy atom. The van der Waals surface area contributed by atoms with Crippen LogP contribution in [-0.2, 0) is 0 Å². The smallest absolute Gasteiger partial charge is 0.264 e. The first kappa shape index (κ1) is 17.3. The minimum Gasteiger partial charge on any atom is -0.335 e. The zero-order valence-electron chi connectivity index (χ0n) is 13.1. The standard InChI is InChI=1S/C17H16Cl2N2O2S/c1-11-4-9-24-15(11)17(23)21-7-5-20(6-8-21)16(22)13-3-2-12(18)10-14(13)19/h2-4,9-10H,5-8H2,1H3. The molecule has 1 aliphatic rings. The van der Waals surface area contributed by atoms with Gasteiger partial charge in [0.1, 0.15) is 0 Å². The molecule has 1 saturated heterocycles. The Morgan fingerprint density at radius 3 is 2.17 bits per heavy atom. The first-order valence-corrected chi connectivity index (χ1v) is 9.18. The number of piperazine rings is 1. The maximum absolute atomic E-state index is 12.6. The zero-order valence-corrected chi connectivity index (χ0v) is 15.4. The quantitative estimate of drug-likeness (QED) is 0.788. The van der Waals surface area contributed by atoms with Crippen LogP contribution in [-0.4, -0.2) is 47.8 Å². The van der Waals surface area contributed by atoms with Crippen molar-refractivity contribution in [3.63, 3.8) is 0 Å². The first-order chi connectivity index (χ1) is 11.5. The number of amides is 2. The summed E-state index contributed by atoms with van der Waals surface area (Å²) in [4.78, 5) is 29.4. The number of halogens is 2. The minimum atomic E-state index is -0.129. The van der Waals surface area contributed by atoms with Gasteiger partial charge in [-0.25, -0.2) is 0 Å². The molecule has 0 spiro atoms. The van der Waals surface area contributed by atoms with Gasteiger partial charge in [0, 0.05) is 31.2 Å². The lowest BCUT2D eigenvalue weighted by Gasteiger charge is -2.34. The van der Waals surface area contributed by atoms with E-state index in [0.717, 1.165) is 10.4 Å². The topological polar surface area (TPSA) is 40.6 Å². The summed E-state index contributed by atoms with van der Waals surface area (Å²) in [5.74, 6) is -0.0878. The van der Waals surface area contributed by atoms with Gasteiger partial charge in [-0.3, -0.25) is 9.59 Å². The molecule has 1 fully saturated rings. The average molecular weight is 383 g/mol. The van der Waals surface area contributed by atoms with Crippen molar-refractivity contribution in [3.05, 3.63) is 55.7 Å². The van der Waals surface area contributed by atoms with E-state index in [9.17, 15) is 9.59 Å². The molecule has 2 amide bonds. The molecule has 126 valence electrons. The van der Waals surface area contributed by atoms with Crippen LogP contribution in [0, 0.1) is 6.92 Å². The maximum Gasteiger partial charge on any atom is 0.264 e.